The van der Waals surface area contributed by atoms with Crippen molar-refractivity contribution in [2.45, 2.75) is 75.1 Å². The van der Waals surface area contributed by atoms with Gasteiger partial charge < -0.3 is 24.0 Å². The van der Waals surface area contributed by atoms with E-state index in [1.54, 1.807) is 0 Å². The molecule has 14 radical (unpaired) electrons. The quantitative estimate of drug-likeness (QED) is 0.184. The summed E-state index contributed by atoms with van der Waals surface area (Å²) in [4.78, 5) is 0. The Balaban J connectivity index is -0.0000000706. The summed E-state index contributed by atoms with van der Waals surface area (Å²) in [6.07, 6.45) is 0. The summed E-state index contributed by atoms with van der Waals surface area (Å²) >= 11 is 2.62. The van der Waals surface area contributed by atoms with Crippen LogP contribution in [0.3, 0.4) is 0 Å². The zero-order chi connectivity index (χ0) is 23.2. The smallest absolute Gasteiger partial charge is 0 e. The SMILES string of the molecule is CPC.CPC.C[C]1[C](C)[C](C)[C](C)[C]1C.C[C]1[C](C)[C](C)[C](C)[C]1C.C[Se+].[I-].[Rh].[Rh]. The first-order chi connectivity index (χ1) is 12.9. The summed E-state index contributed by atoms with van der Waals surface area (Å²) < 4.78 is 0. The molecule has 0 aromatic rings. The van der Waals surface area contributed by atoms with Gasteiger partial charge in [-0.05, 0) is 85.8 Å². The van der Waals surface area contributed by atoms with E-state index in [1.165, 1.54) is 59.2 Å². The molecule has 0 atom stereocenters. The van der Waals surface area contributed by atoms with Gasteiger partial charge in [0.2, 0.25) is 0 Å². The minimum atomic E-state index is 0. The third kappa shape index (κ3) is 17.4. The number of hydrogen-bond acceptors (Lipinski definition) is 0. The largest absolute Gasteiger partial charge is 1.00 e. The standard InChI is InChI=1S/2C10H15.2C2H7P.CH3Se.HI.2Rh/c2*1-6-7(2)9(4)10(5)8(6)3;2*1-3-2;1-2;;;/h2*1-5H3;2*3H,1-2H3;1H3;1H;;/q;;;;+1;;;/p-1. The molecule has 0 spiro atoms. The van der Waals surface area contributed by atoms with Gasteiger partial charge in [-0.1, -0.05) is 69.2 Å². The van der Waals surface area contributed by atoms with Crippen molar-refractivity contribution in [2.24, 2.45) is 0 Å². The summed E-state index contributed by atoms with van der Waals surface area (Å²) in [6, 6.07) is 0. The van der Waals surface area contributed by atoms with Crippen LogP contribution in [0.25, 0.3) is 0 Å². The summed E-state index contributed by atoms with van der Waals surface area (Å²) in [5.74, 6) is 16.6. The maximum absolute atomic E-state index is 2.62. The van der Waals surface area contributed by atoms with Gasteiger partial charge in [0.15, 0.2) is 0 Å². The molecule has 2 fully saturated rings. The van der Waals surface area contributed by atoms with E-state index in [4.69, 9.17) is 0 Å². The first-order valence-electron chi connectivity index (χ1n) is 9.91. The first-order valence-corrected chi connectivity index (χ1v) is 15.6. The molecule has 2 aliphatic carbocycles. The summed E-state index contributed by atoms with van der Waals surface area (Å²) in [7, 11) is 2.17. The predicted octanol–water partition coefficient (Wildman–Crippen LogP) is 4.99. The Morgan fingerprint density at radius 1 is 0.355 bits per heavy atom. The van der Waals surface area contributed by atoms with Gasteiger partial charge in [-0.2, -0.15) is 0 Å². The summed E-state index contributed by atoms with van der Waals surface area (Å²) in [5, 5.41) is 0. The first kappa shape index (κ1) is 47.5. The molecule has 0 aromatic heterocycles. The van der Waals surface area contributed by atoms with Gasteiger partial charge in [0.25, 0.3) is 0 Å². The molecule has 0 aliphatic heterocycles. The topological polar surface area (TPSA) is 0 Å². The Hall–Kier alpha value is 3.36. The Bertz CT molecular complexity index is 232. The maximum Gasteiger partial charge on any atom is 0 e. The van der Waals surface area contributed by atoms with Crippen molar-refractivity contribution in [3.05, 3.63) is 59.2 Å². The van der Waals surface area contributed by atoms with Gasteiger partial charge in [0.1, 0.15) is 0 Å². The monoisotopic (exact) mass is 822 g/mol. The van der Waals surface area contributed by atoms with Crippen molar-refractivity contribution in [3.63, 3.8) is 0 Å². The second-order valence-electron chi connectivity index (χ2n) is 7.25. The number of halogens is 1. The second-order valence-corrected chi connectivity index (χ2v) is 9.25. The molecule has 2 rings (SSSR count). The van der Waals surface area contributed by atoms with E-state index in [-0.39, 0.29) is 62.9 Å². The van der Waals surface area contributed by atoms with Gasteiger partial charge in [0.05, 0.1) is 0 Å². The molecular weight excluding hydrogens is 774 g/mol. The summed E-state index contributed by atoms with van der Waals surface area (Å²) in [5.41, 5.74) is 0. The Morgan fingerprint density at radius 2 is 0.387 bits per heavy atom. The molecule has 0 nitrogen and oxygen atoms in total. The number of rotatable bonds is 0. The second kappa shape index (κ2) is 27.9. The molecule has 0 amide bonds. The predicted molar refractivity (Wildman–Crippen MR) is 141 cm³/mol. The molecule has 188 valence electrons. The molecular formula is C25H47IP2Rh2Se. The van der Waals surface area contributed by atoms with E-state index in [0.29, 0.717) is 0 Å². The van der Waals surface area contributed by atoms with Crippen molar-refractivity contribution in [1.82, 2.24) is 0 Å². The Morgan fingerprint density at radius 3 is 0.419 bits per heavy atom. The minimum absolute atomic E-state index is 0. The number of hydrogen-bond donors (Lipinski definition) is 0. The molecule has 31 heavy (non-hydrogen) atoms. The molecule has 0 saturated heterocycles. The molecule has 6 heteroatoms. The maximum atomic E-state index is 2.62. The summed E-state index contributed by atoms with van der Waals surface area (Å²) in [6.45, 7) is 30.6. The van der Waals surface area contributed by atoms with E-state index in [1.807, 2.05) is 5.82 Å². The minimum Gasteiger partial charge on any atom is -1.00 e. The van der Waals surface area contributed by atoms with Crippen molar-refractivity contribution >= 4 is 33.2 Å². The molecule has 2 saturated carbocycles. The molecule has 2 aliphatic rings. The Labute approximate surface area is 254 Å². The van der Waals surface area contributed by atoms with Crippen molar-refractivity contribution < 1.29 is 62.9 Å². The van der Waals surface area contributed by atoms with E-state index in [0.717, 1.165) is 17.2 Å². The fraction of sp³-hybridized carbons (Fsp3) is 0.600. The van der Waals surface area contributed by atoms with Crippen LogP contribution in [0.4, 0.5) is 0 Å². The van der Waals surface area contributed by atoms with E-state index >= 15 is 0 Å². The van der Waals surface area contributed by atoms with E-state index in [2.05, 4.69) is 112 Å². The van der Waals surface area contributed by atoms with Crippen LogP contribution in [0.2, 0.25) is 5.82 Å². The third-order valence-electron chi connectivity index (χ3n) is 5.62. The Kier molecular flexibility index (Phi) is 42.8. The zero-order valence-electron chi connectivity index (χ0n) is 22.5. The van der Waals surface area contributed by atoms with Crippen molar-refractivity contribution in [3.8, 4) is 0 Å². The van der Waals surface area contributed by atoms with Crippen LogP contribution in [0, 0.1) is 59.2 Å². The molecule has 0 unspecified atom stereocenters. The van der Waals surface area contributed by atoms with Crippen molar-refractivity contribution in [1.29, 1.82) is 0 Å². The third-order valence-corrected chi connectivity index (χ3v) is 5.62. The molecule has 0 aromatic carbocycles. The van der Waals surface area contributed by atoms with Gasteiger partial charge in [-0.25, -0.2) is 0 Å². The van der Waals surface area contributed by atoms with Crippen LogP contribution in [-0.2, 0) is 39.0 Å². The van der Waals surface area contributed by atoms with Gasteiger partial charge in [-0.3, -0.25) is 0 Å². The van der Waals surface area contributed by atoms with Gasteiger partial charge in [0, 0.05) is 39.0 Å². The van der Waals surface area contributed by atoms with Crippen LogP contribution in [0.15, 0.2) is 0 Å². The van der Waals surface area contributed by atoms with Crippen LogP contribution in [0.1, 0.15) is 69.2 Å². The van der Waals surface area contributed by atoms with Gasteiger partial charge >= 0.3 is 21.8 Å². The molecule has 0 heterocycles. The van der Waals surface area contributed by atoms with Crippen LogP contribution in [-0.4, -0.2) is 42.7 Å². The van der Waals surface area contributed by atoms with Crippen molar-refractivity contribution in [2.75, 3.05) is 26.7 Å². The fourth-order valence-corrected chi connectivity index (χ4v) is 2.81. The van der Waals surface area contributed by atoms with Crippen LogP contribution >= 0.6 is 17.2 Å². The average molecular weight is 821 g/mol. The average Bonchev–Trinajstić information content (AvgIpc) is 2.95. The van der Waals surface area contributed by atoms with Crippen LogP contribution in [0.5, 0.6) is 0 Å². The van der Waals surface area contributed by atoms with Crippen LogP contribution < -0.4 is 24.0 Å². The van der Waals surface area contributed by atoms with Gasteiger partial charge in [-0.15, -0.1) is 17.2 Å². The zero-order valence-corrected chi connectivity index (χ0v) is 31.6. The molecule has 0 N–H and O–H groups in total. The molecule has 0 bridgehead atoms. The fourth-order valence-electron chi connectivity index (χ4n) is 2.81. The normalized spacial score (nSPS) is 19.7. The van der Waals surface area contributed by atoms with E-state index in [9.17, 15) is 0 Å². The van der Waals surface area contributed by atoms with E-state index < -0.39 is 0 Å².